The van der Waals surface area contributed by atoms with E-state index in [4.69, 9.17) is 9.47 Å². The fraction of sp³-hybridized carbons (Fsp3) is 0.394. The Morgan fingerprint density at radius 2 is 1.49 bits per heavy atom. The Balaban J connectivity index is 1.91. The molecule has 1 N–H and O–H groups in total. The Labute approximate surface area is 232 Å². The van der Waals surface area contributed by atoms with Gasteiger partial charge in [-0.2, -0.15) is 0 Å². The quantitative estimate of drug-likeness (QED) is 0.149. The minimum absolute atomic E-state index is 0.0317. The molecule has 0 saturated heterocycles. The summed E-state index contributed by atoms with van der Waals surface area (Å²) in [7, 11) is 0. The second-order valence-corrected chi connectivity index (χ2v) is 10.4. The van der Waals surface area contributed by atoms with Crippen molar-refractivity contribution in [1.82, 2.24) is 4.90 Å². The molecule has 3 aromatic rings. The first-order valence-electron chi connectivity index (χ1n) is 13.7. The van der Waals surface area contributed by atoms with Gasteiger partial charge in [0.05, 0.1) is 6.61 Å². The summed E-state index contributed by atoms with van der Waals surface area (Å²) in [4.78, 5) is 27.3. The summed E-state index contributed by atoms with van der Waals surface area (Å²) in [5.74, 6) is -0.574. The third kappa shape index (κ3) is 8.50. The molecule has 0 aliphatic heterocycles. The molecule has 0 aromatic heterocycles. The van der Waals surface area contributed by atoms with Gasteiger partial charge in [0.2, 0.25) is 0 Å². The average Bonchev–Trinajstić information content (AvgIpc) is 2.91. The first-order valence-corrected chi connectivity index (χ1v) is 13.7. The van der Waals surface area contributed by atoms with Crippen LogP contribution in [-0.2, 0) is 11.4 Å². The maximum atomic E-state index is 13.3. The van der Waals surface area contributed by atoms with E-state index in [9.17, 15) is 14.7 Å². The van der Waals surface area contributed by atoms with Gasteiger partial charge in [0, 0.05) is 30.5 Å². The minimum atomic E-state index is -0.610. The van der Waals surface area contributed by atoms with Gasteiger partial charge in [0.15, 0.2) is 0 Å². The van der Waals surface area contributed by atoms with Crippen molar-refractivity contribution in [2.24, 2.45) is 0 Å². The number of esters is 2. The molecule has 0 bridgehead atoms. The molecule has 3 aromatic carbocycles. The Hall–Kier alpha value is -3.48. The van der Waals surface area contributed by atoms with Crippen molar-refractivity contribution in [2.75, 3.05) is 6.54 Å². The fourth-order valence-corrected chi connectivity index (χ4v) is 5.04. The molecule has 39 heavy (non-hydrogen) atoms. The first kappa shape index (κ1) is 30.1. The average molecular weight is 532 g/mol. The summed E-state index contributed by atoms with van der Waals surface area (Å²) < 4.78 is 11.2. The molecule has 0 heterocycles. The van der Waals surface area contributed by atoms with Gasteiger partial charge in [-0.3, -0.25) is 9.69 Å². The van der Waals surface area contributed by atoms with E-state index in [1.165, 1.54) is 6.92 Å². The van der Waals surface area contributed by atoms with Crippen LogP contribution >= 0.6 is 0 Å². The summed E-state index contributed by atoms with van der Waals surface area (Å²) in [6.07, 6.45) is 2.89. The van der Waals surface area contributed by atoms with E-state index in [-0.39, 0.29) is 23.8 Å². The van der Waals surface area contributed by atoms with E-state index in [2.05, 4.69) is 44.7 Å². The van der Waals surface area contributed by atoms with E-state index >= 15 is 0 Å². The largest absolute Gasteiger partial charge is 0.426 e. The van der Waals surface area contributed by atoms with Gasteiger partial charge in [-0.25, -0.2) is 4.79 Å². The third-order valence-corrected chi connectivity index (χ3v) is 6.88. The highest BCUT2D eigenvalue weighted by Gasteiger charge is 2.23. The van der Waals surface area contributed by atoms with Gasteiger partial charge >= 0.3 is 11.9 Å². The Bertz CT molecular complexity index is 1210. The molecule has 0 radical (unpaired) electrons. The molecular weight excluding hydrogens is 490 g/mol. The molecule has 1 unspecified atom stereocenters. The van der Waals surface area contributed by atoms with E-state index < -0.39 is 11.9 Å². The lowest BCUT2D eigenvalue weighted by Crippen LogP contribution is -2.37. The van der Waals surface area contributed by atoms with Crippen LogP contribution in [0.3, 0.4) is 0 Å². The molecule has 0 aliphatic carbocycles. The zero-order chi connectivity index (χ0) is 28.4. The van der Waals surface area contributed by atoms with Crippen LogP contribution in [0.25, 0.3) is 0 Å². The van der Waals surface area contributed by atoms with Crippen LogP contribution in [0.1, 0.15) is 86.8 Å². The maximum absolute atomic E-state index is 13.3. The van der Waals surface area contributed by atoms with Gasteiger partial charge in [-0.05, 0) is 82.5 Å². The number of carbonyl (C=O) groups is 2. The second kappa shape index (κ2) is 14.6. The number of aliphatic hydroxyl groups is 1. The Morgan fingerprint density at radius 1 is 0.821 bits per heavy atom. The minimum Gasteiger partial charge on any atom is -0.426 e. The van der Waals surface area contributed by atoms with Crippen LogP contribution in [0, 0.1) is 0 Å². The van der Waals surface area contributed by atoms with E-state index in [0.717, 1.165) is 42.5 Å². The predicted molar refractivity (Wildman–Crippen MR) is 154 cm³/mol. The zero-order valence-electron chi connectivity index (χ0n) is 23.7. The van der Waals surface area contributed by atoms with Gasteiger partial charge in [0.1, 0.15) is 17.1 Å². The van der Waals surface area contributed by atoms with E-state index in [0.29, 0.717) is 17.8 Å². The van der Waals surface area contributed by atoms with Crippen molar-refractivity contribution in [2.45, 2.75) is 78.5 Å². The topological polar surface area (TPSA) is 76.1 Å². The number of aliphatic hydroxyl groups excluding tert-OH is 1. The summed E-state index contributed by atoms with van der Waals surface area (Å²) >= 11 is 0. The number of unbranched alkanes of at least 4 members (excludes halogenated alkanes) is 1. The van der Waals surface area contributed by atoms with Crippen molar-refractivity contribution in [1.29, 1.82) is 0 Å². The number of ether oxygens (including phenoxy) is 2. The number of para-hydroxylation sites is 1. The van der Waals surface area contributed by atoms with Gasteiger partial charge in [-0.1, -0.05) is 55.0 Å². The third-order valence-electron chi connectivity index (χ3n) is 6.88. The number of rotatable bonds is 13. The summed E-state index contributed by atoms with van der Waals surface area (Å²) in [6.45, 7) is 11.1. The van der Waals surface area contributed by atoms with Crippen LogP contribution in [-0.4, -0.2) is 40.6 Å². The lowest BCUT2D eigenvalue weighted by molar-refractivity contribution is -0.131. The summed E-state index contributed by atoms with van der Waals surface area (Å²) in [5.41, 5.74) is 2.88. The van der Waals surface area contributed by atoms with Gasteiger partial charge in [-0.15, -0.1) is 0 Å². The Kier molecular flexibility index (Phi) is 11.3. The monoisotopic (exact) mass is 531 g/mol. The van der Waals surface area contributed by atoms with Crippen molar-refractivity contribution in [3.8, 4) is 11.5 Å². The lowest BCUT2D eigenvalue weighted by Gasteiger charge is -2.30. The number of hydrogen-bond donors (Lipinski definition) is 1. The SMILES string of the molecule is CC(=O)Oc1ccccc1C(=O)Oc1ccc(CO)cc1C(CCCCN(C(C)C)C(C)C)c1ccccc1. The Morgan fingerprint density at radius 3 is 2.13 bits per heavy atom. The van der Waals surface area contributed by atoms with Gasteiger partial charge in [0.25, 0.3) is 0 Å². The zero-order valence-corrected chi connectivity index (χ0v) is 23.7. The van der Waals surface area contributed by atoms with Crippen molar-refractivity contribution >= 4 is 11.9 Å². The molecule has 6 heteroatoms. The standard InChI is InChI=1S/C33H41NO5/c1-23(2)34(24(3)4)20-12-11-15-28(27-13-7-6-8-14-27)30-21-26(22-35)18-19-32(30)39-33(37)29-16-9-10-17-31(29)38-25(5)36/h6-10,13-14,16-19,21,23-24,28,35H,11-12,15,20,22H2,1-5H3. The smallest absolute Gasteiger partial charge is 0.347 e. The highest BCUT2D eigenvalue weighted by molar-refractivity contribution is 5.95. The molecule has 0 fully saturated rings. The predicted octanol–water partition coefficient (Wildman–Crippen LogP) is 6.74. The number of hydrogen-bond acceptors (Lipinski definition) is 6. The molecule has 3 rings (SSSR count). The normalized spacial score (nSPS) is 12.1. The van der Waals surface area contributed by atoms with Crippen LogP contribution in [0.4, 0.5) is 0 Å². The molecule has 208 valence electrons. The van der Waals surface area contributed by atoms with Crippen LogP contribution in [0.2, 0.25) is 0 Å². The van der Waals surface area contributed by atoms with Gasteiger partial charge < -0.3 is 14.6 Å². The summed E-state index contributed by atoms with van der Waals surface area (Å²) in [5, 5.41) is 9.90. The van der Waals surface area contributed by atoms with E-state index in [1.54, 1.807) is 36.4 Å². The molecule has 0 aliphatic rings. The lowest BCUT2D eigenvalue weighted by atomic mass is 9.85. The highest BCUT2D eigenvalue weighted by Crippen LogP contribution is 2.37. The number of carbonyl (C=O) groups excluding carboxylic acids is 2. The van der Waals surface area contributed by atoms with E-state index in [1.807, 2.05) is 24.3 Å². The van der Waals surface area contributed by atoms with Crippen LogP contribution < -0.4 is 9.47 Å². The molecule has 6 nitrogen and oxygen atoms in total. The molecule has 1 atom stereocenters. The molecule has 0 saturated carbocycles. The molecule has 0 amide bonds. The van der Waals surface area contributed by atoms with Crippen molar-refractivity contribution < 1.29 is 24.2 Å². The van der Waals surface area contributed by atoms with Crippen LogP contribution in [0.15, 0.2) is 72.8 Å². The number of benzene rings is 3. The molecule has 0 spiro atoms. The highest BCUT2D eigenvalue weighted by atomic mass is 16.5. The first-order chi connectivity index (χ1) is 18.7. The fourth-order valence-electron chi connectivity index (χ4n) is 5.04. The molecular formula is C33H41NO5. The van der Waals surface area contributed by atoms with Crippen LogP contribution in [0.5, 0.6) is 11.5 Å². The maximum Gasteiger partial charge on any atom is 0.347 e. The second-order valence-electron chi connectivity index (χ2n) is 10.4. The van der Waals surface area contributed by atoms with Crippen molar-refractivity contribution in [3.63, 3.8) is 0 Å². The summed E-state index contributed by atoms with van der Waals surface area (Å²) in [6, 6.07) is 23.1. The number of nitrogens with zero attached hydrogens (tertiary/aromatic N) is 1. The van der Waals surface area contributed by atoms with Crippen molar-refractivity contribution in [3.05, 3.63) is 95.1 Å².